The third kappa shape index (κ3) is 13.2. The molecule has 0 unspecified atom stereocenters. The molecular formula is C11H25N3O. The molecule has 0 fully saturated rings. The lowest BCUT2D eigenvalue weighted by Crippen LogP contribution is -2.41. The first-order valence-corrected chi connectivity index (χ1v) is 6.05. The first-order chi connectivity index (χ1) is 7.27. The Morgan fingerprint density at radius 2 is 1.53 bits per heavy atom. The van der Waals surface area contributed by atoms with Crippen LogP contribution in [0.25, 0.3) is 0 Å². The molecule has 0 aromatic heterocycles. The van der Waals surface area contributed by atoms with Gasteiger partial charge in [0.2, 0.25) is 0 Å². The van der Waals surface area contributed by atoms with Gasteiger partial charge in [-0.05, 0) is 6.42 Å². The Hall–Kier alpha value is -0.770. The summed E-state index contributed by atoms with van der Waals surface area (Å²) in [5.74, 6) is 0. The van der Waals surface area contributed by atoms with Crippen molar-refractivity contribution in [3.63, 3.8) is 0 Å². The van der Waals surface area contributed by atoms with E-state index in [1.807, 2.05) is 0 Å². The summed E-state index contributed by atoms with van der Waals surface area (Å²) >= 11 is 0. The maximum atomic E-state index is 10.3. The van der Waals surface area contributed by atoms with Crippen LogP contribution in [0.1, 0.15) is 58.3 Å². The number of amides is 2. The zero-order valence-corrected chi connectivity index (χ0v) is 9.85. The average molecular weight is 215 g/mol. The van der Waals surface area contributed by atoms with Crippen LogP contribution in [0.4, 0.5) is 4.79 Å². The van der Waals surface area contributed by atoms with Crippen LogP contribution in [0.5, 0.6) is 0 Å². The molecule has 0 aliphatic rings. The van der Waals surface area contributed by atoms with Gasteiger partial charge in [0.25, 0.3) is 0 Å². The lowest BCUT2D eigenvalue weighted by Gasteiger charge is -2.04. The van der Waals surface area contributed by atoms with Crippen LogP contribution in [0.2, 0.25) is 0 Å². The van der Waals surface area contributed by atoms with Gasteiger partial charge in [0.05, 0.1) is 0 Å². The second kappa shape index (κ2) is 11.3. The Morgan fingerprint density at radius 3 is 2.07 bits per heavy atom. The number of carbonyl (C=O) groups excluding carboxylic acids is 1. The van der Waals surface area contributed by atoms with E-state index in [-0.39, 0.29) is 0 Å². The van der Waals surface area contributed by atoms with Crippen LogP contribution in [0.15, 0.2) is 0 Å². The largest absolute Gasteiger partial charge is 0.351 e. The van der Waals surface area contributed by atoms with Gasteiger partial charge in [-0.15, -0.1) is 0 Å². The van der Waals surface area contributed by atoms with E-state index in [1.165, 1.54) is 44.9 Å². The summed E-state index contributed by atoms with van der Waals surface area (Å²) in [6, 6.07) is -0.519. The maximum Gasteiger partial charge on any atom is 0.326 e. The molecule has 0 aliphatic heterocycles. The van der Waals surface area contributed by atoms with Crippen molar-refractivity contribution in [3.05, 3.63) is 0 Å². The number of rotatable bonds is 10. The second-order valence-corrected chi connectivity index (χ2v) is 3.89. The summed E-state index contributed by atoms with van der Waals surface area (Å²) in [6.07, 6.45) is 10.4. The van der Waals surface area contributed by atoms with Crippen molar-refractivity contribution in [1.82, 2.24) is 10.9 Å². The fourth-order valence-electron chi connectivity index (χ4n) is 1.50. The summed E-state index contributed by atoms with van der Waals surface area (Å²) in [7, 11) is 0. The monoisotopic (exact) mass is 215 g/mol. The van der Waals surface area contributed by atoms with Crippen molar-refractivity contribution in [2.75, 3.05) is 6.54 Å². The van der Waals surface area contributed by atoms with Gasteiger partial charge in [0.15, 0.2) is 0 Å². The summed E-state index contributed by atoms with van der Waals surface area (Å²) in [5, 5.41) is 0. The number of unbranched alkanes of at least 4 members (excludes halogenated alkanes) is 7. The second-order valence-electron chi connectivity index (χ2n) is 3.89. The predicted octanol–water partition coefficient (Wildman–Crippen LogP) is 2.30. The minimum Gasteiger partial charge on any atom is -0.351 e. The fourth-order valence-corrected chi connectivity index (χ4v) is 1.50. The Kier molecular flexibility index (Phi) is 10.7. The average Bonchev–Trinajstić information content (AvgIpc) is 2.20. The number of hydrogen-bond acceptors (Lipinski definition) is 2. The van der Waals surface area contributed by atoms with Gasteiger partial charge < -0.3 is 5.73 Å². The molecule has 4 heteroatoms. The first-order valence-electron chi connectivity index (χ1n) is 6.05. The highest BCUT2D eigenvalue weighted by atomic mass is 16.2. The van der Waals surface area contributed by atoms with Crippen molar-refractivity contribution in [2.24, 2.45) is 5.73 Å². The normalized spacial score (nSPS) is 10.2. The van der Waals surface area contributed by atoms with Gasteiger partial charge >= 0.3 is 6.03 Å². The Morgan fingerprint density at radius 1 is 1.00 bits per heavy atom. The molecule has 0 rings (SSSR count). The number of hydrazine groups is 1. The summed E-state index contributed by atoms with van der Waals surface area (Å²) in [6.45, 7) is 3.04. The van der Waals surface area contributed by atoms with Crippen molar-refractivity contribution in [3.8, 4) is 0 Å². The molecule has 0 saturated carbocycles. The molecule has 4 N–H and O–H groups in total. The van der Waals surface area contributed by atoms with Gasteiger partial charge in [-0.2, -0.15) is 0 Å². The van der Waals surface area contributed by atoms with E-state index in [9.17, 15) is 4.79 Å². The molecule has 0 aliphatic carbocycles. The van der Waals surface area contributed by atoms with E-state index in [4.69, 9.17) is 5.73 Å². The molecule has 0 radical (unpaired) electrons. The number of urea groups is 1. The molecule has 0 atom stereocenters. The van der Waals surface area contributed by atoms with Crippen molar-refractivity contribution in [2.45, 2.75) is 58.3 Å². The molecule has 0 aromatic carbocycles. The van der Waals surface area contributed by atoms with Crippen LogP contribution < -0.4 is 16.6 Å². The zero-order valence-electron chi connectivity index (χ0n) is 9.85. The third-order valence-corrected chi connectivity index (χ3v) is 2.37. The van der Waals surface area contributed by atoms with E-state index < -0.39 is 6.03 Å². The number of nitrogens with two attached hydrogens (primary N) is 1. The highest BCUT2D eigenvalue weighted by molar-refractivity contribution is 5.70. The van der Waals surface area contributed by atoms with E-state index in [0.717, 1.165) is 13.0 Å². The van der Waals surface area contributed by atoms with E-state index in [1.54, 1.807) is 0 Å². The Labute approximate surface area is 93.0 Å². The molecule has 0 saturated heterocycles. The fraction of sp³-hybridized carbons (Fsp3) is 0.909. The maximum absolute atomic E-state index is 10.3. The smallest absolute Gasteiger partial charge is 0.326 e. The predicted molar refractivity (Wildman–Crippen MR) is 63.3 cm³/mol. The number of hydrogen-bond donors (Lipinski definition) is 3. The minimum atomic E-state index is -0.519. The molecular weight excluding hydrogens is 190 g/mol. The van der Waals surface area contributed by atoms with Crippen LogP contribution in [0, 0.1) is 0 Å². The number of primary amides is 1. The zero-order chi connectivity index (χ0) is 11.4. The van der Waals surface area contributed by atoms with Gasteiger partial charge in [-0.3, -0.25) is 5.43 Å². The molecule has 90 valence electrons. The summed E-state index contributed by atoms with van der Waals surface area (Å²) in [4.78, 5) is 10.3. The van der Waals surface area contributed by atoms with Crippen molar-refractivity contribution in [1.29, 1.82) is 0 Å². The van der Waals surface area contributed by atoms with E-state index >= 15 is 0 Å². The lowest BCUT2D eigenvalue weighted by molar-refractivity contribution is 0.244. The van der Waals surface area contributed by atoms with Gasteiger partial charge in [-0.25, -0.2) is 10.2 Å². The molecule has 4 nitrogen and oxygen atoms in total. The van der Waals surface area contributed by atoms with Gasteiger partial charge in [0.1, 0.15) is 0 Å². The van der Waals surface area contributed by atoms with E-state index in [2.05, 4.69) is 17.8 Å². The van der Waals surface area contributed by atoms with Crippen LogP contribution >= 0.6 is 0 Å². The summed E-state index contributed by atoms with van der Waals surface area (Å²) < 4.78 is 0. The number of carbonyl (C=O) groups is 1. The highest BCUT2D eigenvalue weighted by Crippen LogP contribution is 2.07. The first kappa shape index (κ1) is 14.2. The van der Waals surface area contributed by atoms with Crippen LogP contribution in [-0.2, 0) is 0 Å². The molecule has 0 spiro atoms. The minimum absolute atomic E-state index is 0.519. The van der Waals surface area contributed by atoms with Gasteiger partial charge in [0, 0.05) is 6.54 Å². The van der Waals surface area contributed by atoms with Crippen LogP contribution in [0.3, 0.4) is 0 Å². The molecule has 15 heavy (non-hydrogen) atoms. The highest BCUT2D eigenvalue weighted by Gasteiger charge is 1.92. The van der Waals surface area contributed by atoms with Crippen molar-refractivity contribution < 1.29 is 4.79 Å². The molecule has 2 amide bonds. The Balaban J connectivity index is 2.89. The molecule has 0 heterocycles. The molecule has 0 bridgehead atoms. The summed E-state index contributed by atoms with van der Waals surface area (Å²) in [5.41, 5.74) is 10.0. The Bertz CT molecular complexity index is 151. The standard InChI is InChI=1S/C11H25N3O/c1-2-3-4-5-6-7-8-9-10-13-14-11(12)15/h13H,2-10H2,1H3,(H3,12,14,15). The van der Waals surface area contributed by atoms with Crippen LogP contribution in [-0.4, -0.2) is 12.6 Å². The molecule has 0 aromatic rings. The van der Waals surface area contributed by atoms with Gasteiger partial charge in [-0.1, -0.05) is 51.9 Å². The third-order valence-electron chi connectivity index (χ3n) is 2.37. The lowest BCUT2D eigenvalue weighted by atomic mass is 10.1. The topological polar surface area (TPSA) is 67.2 Å². The van der Waals surface area contributed by atoms with Crippen molar-refractivity contribution >= 4 is 6.03 Å². The number of nitrogens with one attached hydrogen (secondary N) is 2. The SMILES string of the molecule is CCCCCCCCCCNNC(N)=O. The van der Waals surface area contributed by atoms with E-state index in [0.29, 0.717) is 0 Å². The quantitative estimate of drug-likeness (QED) is 0.386.